The molecule has 0 bridgehead atoms. The zero-order valence-electron chi connectivity index (χ0n) is 18.6. The summed E-state index contributed by atoms with van der Waals surface area (Å²) in [7, 11) is 1.59. The molecule has 0 radical (unpaired) electrons. The lowest BCUT2D eigenvalue weighted by molar-refractivity contribution is -0.139. The molecule has 0 spiro atoms. The predicted octanol–water partition coefficient (Wildman–Crippen LogP) is 4.98. The van der Waals surface area contributed by atoms with Gasteiger partial charge in [0.05, 0.1) is 13.0 Å². The Bertz CT molecular complexity index is 1090. The molecule has 1 heterocycles. The van der Waals surface area contributed by atoms with Gasteiger partial charge in [-0.1, -0.05) is 56.3 Å². The number of rotatable bonds is 6. The van der Waals surface area contributed by atoms with Crippen molar-refractivity contribution < 1.29 is 19.1 Å². The molecule has 1 saturated heterocycles. The van der Waals surface area contributed by atoms with Crippen LogP contribution in [0, 0.1) is 5.92 Å². The smallest absolute Gasteiger partial charge is 0.316 e. The first-order valence-corrected chi connectivity index (χ1v) is 10.7. The molecule has 5 heteroatoms. The molecular weight excluding hydrogens is 402 g/mol. The third-order valence-corrected chi connectivity index (χ3v) is 6.13. The summed E-state index contributed by atoms with van der Waals surface area (Å²) in [5.74, 6) is 0.236. The van der Waals surface area contributed by atoms with Gasteiger partial charge in [-0.05, 0) is 47.5 Å². The van der Waals surface area contributed by atoms with Crippen LogP contribution in [0.1, 0.15) is 31.4 Å². The summed E-state index contributed by atoms with van der Waals surface area (Å²) in [4.78, 5) is 26.8. The van der Waals surface area contributed by atoms with Crippen molar-refractivity contribution in [1.29, 1.82) is 0 Å². The van der Waals surface area contributed by atoms with Crippen LogP contribution in [0.2, 0.25) is 0 Å². The second kappa shape index (κ2) is 8.87. The van der Waals surface area contributed by atoms with Crippen molar-refractivity contribution in [2.75, 3.05) is 18.6 Å². The average Bonchev–Trinajstić information content (AvgIpc) is 3.22. The van der Waals surface area contributed by atoms with E-state index < -0.39 is 5.92 Å². The van der Waals surface area contributed by atoms with Gasteiger partial charge in [-0.2, -0.15) is 0 Å². The van der Waals surface area contributed by atoms with Crippen LogP contribution in [0.3, 0.4) is 0 Å². The van der Waals surface area contributed by atoms with Crippen LogP contribution in [0.5, 0.6) is 11.5 Å². The molecule has 1 atom stereocenters. The number of carbonyl (C=O) groups excluding carboxylic acids is 2. The van der Waals surface area contributed by atoms with Crippen LogP contribution in [0.15, 0.2) is 78.9 Å². The van der Waals surface area contributed by atoms with E-state index in [2.05, 4.69) is 26.0 Å². The Morgan fingerprint density at radius 1 is 0.875 bits per heavy atom. The zero-order chi connectivity index (χ0) is 22.7. The highest BCUT2D eigenvalue weighted by Crippen LogP contribution is 2.33. The normalized spacial score (nSPS) is 16.2. The quantitative estimate of drug-likeness (QED) is 0.410. The summed E-state index contributed by atoms with van der Waals surface area (Å²) in [5, 5.41) is 0. The van der Waals surface area contributed by atoms with Gasteiger partial charge in [-0.25, -0.2) is 0 Å². The number of esters is 1. The molecule has 1 amide bonds. The Morgan fingerprint density at radius 2 is 1.47 bits per heavy atom. The molecular formula is C27H27NO4. The van der Waals surface area contributed by atoms with Crippen LogP contribution in [0.25, 0.3) is 0 Å². The molecule has 1 fully saturated rings. The molecule has 0 unspecified atom stereocenters. The summed E-state index contributed by atoms with van der Waals surface area (Å²) >= 11 is 0. The van der Waals surface area contributed by atoms with Crippen LogP contribution in [0.4, 0.5) is 5.69 Å². The zero-order valence-corrected chi connectivity index (χ0v) is 18.6. The number of methoxy groups -OCH3 is 1. The molecule has 3 aromatic carbocycles. The lowest BCUT2D eigenvalue weighted by atomic mass is 9.78. The third-order valence-electron chi connectivity index (χ3n) is 6.13. The Labute approximate surface area is 188 Å². The van der Waals surface area contributed by atoms with Crippen LogP contribution in [-0.2, 0) is 15.0 Å². The standard InChI is InChI=1S/C27H27NO4/c1-27(2,20-7-5-4-6-8-20)21-9-13-24(14-10-21)32-26(30)19-17-25(29)28(18-19)22-11-15-23(31-3)16-12-22/h4-16,19H,17-18H2,1-3H3/t19-/m1/s1. The minimum absolute atomic E-state index is 0.0860. The van der Waals surface area contributed by atoms with E-state index in [-0.39, 0.29) is 23.7 Å². The lowest BCUT2D eigenvalue weighted by Gasteiger charge is -2.26. The summed E-state index contributed by atoms with van der Waals surface area (Å²) in [5.41, 5.74) is 2.93. The van der Waals surface area contributed by atoms with Crippen LogP contribution >= 0.6 is 0 Å². The molecule has 0 aliphatic carbocycles. The first-order valence-electron chi connectivity index (χ1n) is 10.7. The topological polar surface area (TPSA) is 55.8 Å². The molecule has 164 valence electrons. The van der Waals surface area contributed by atoms with Gasteiger partial charge in [-0.15, -0.1) is 0 Å². The number of amides is 1. The van der Waals surface area contributed by atoms with E-state index in [0.717, 1.165) is 17.0 Å². The molecule has 5 nitrogen and oxygen atoms in total. The third kappa shape index (κ3) is 4.37. The number of ether oxygens (including phenoxy) is 2. The van der Waals surface area contributed by atoms with Crippen molar-refractivity contribution in [2.24, 2.45) is 5.92 Å². The highest BCUT2D eigenvalue weighted by Gasteiger charge is 2.36. The molecule has 32 heavy (non-hydrogen) atoms. The summed E-state index contributed by atoms with van der Waals surface area (Å²) in [6.07, 6.45) is 0.143. The van der Waals surface area contributed by atoms with Gasteiger partial charge >= 0.3 is 5.97 Å². The van der Waals surface area contributed by atoms with E-state index in [4.69, 9.17) is 9.47 Å². The maximum absolute atomic E-state index is 12.7. The molecule has 0 saturated carbocycles. The van der Waals surface area contributed by atoms with E-state index >= 15 is 0 Å². The van der Waals surface area contributed by atoms with Gasteiger partial charge in [0.15, 0.2) is 0 Å². The van der Waals surface area contributed by atoms with E-state index in [1.54, 1.807) is 24.1 Å². The fourth-order valence-corrected chi connectivity index (χ4v) is 4.04. The molecule has 0 aromatic heterocycles. The van der Waals surface area contributed by atoms with Crippen molar-refractivity contribution in [3.8, 4) is 11.5 Å². The van der Waals surface area contributed by atoms with E-state index in [0.29, 0.717) is 12.3 Å². The Hall–Kier alpha value is -3.60. The number of carbonyl (C=O) groups is 2. The van der Waals surface area contributed by atoms with Gasteiger partial charge in [0.1, 0.15) is 11.5 Å². The van der Waals surface area contributed by atoms with Crippen LogP contribution in [-0.4, -0.2) is 25.5 Å². The Kier molecular flexibility index (Phi) is 5.99. The number of hydrogen-bond acceptors (Lipinski definition) is 4. The molecule has 1 aliphatic heterocycles. The number of anilines is 1. The van der Waals surface area contributed by atoms with Gasteiger partial charge in [-0.3, -0.25) is 9.59 Å². The maximum Gasteiger partial charge on any atom is 0.316 e. The predicted molar refractivity (Wildman–Crippen MR) is 124 cm³/mol. The number of nitrogens with zero attached hydrogens (tertiary/aromatic N) is 1. The minimum Gasteiger partial charge on any atom is -0.497 e. The molecule has 3 aromatic rings. The van der Waals surface area contributed by atoms with Gasteiger partial charge in [0.2, 0.25) is 5.91 Å². The fourth-order valence-electron chi connectivity index (χ4n) is 4.04. The second-order valence-electron chi connectivity index (χ2n) is 8.54. The van der Waals surface area contributed by atoms with Gasteiger partial charge in [0.25, 0.3) is 0 Å². The Morgan fingerprint density at radius 3 is 2.09 bits per heavy atom. The maximum atomic E-state index is 12.7. The van der Waals surface area contributed by atoms with Crippen molar-refractivity contribution >= 4 is 17.6 Å². The first-order chi connectivity index (χ1) is 15.4. The van der Waals surface area contributed by atoms with Crippen molar-refractivity contribution in [2.45, 2.75) is 25.7 Å². The second-order valence-corrected chi connectivity index (χ2v) is 8.54. The highest BCUT2D eigenvalue weighted by atomic mass is 16.5. The Balaban J connectivity index is 1.41. The van der Waals surface area contributed by atoms with Crippen molar-refractivity contribution in [1.82, 2.24) is 0 Å². The molecule has 1 aliphatic rings. The summed E-state index contributed by atoms with van der Waals surface area (Å²) in [6.45, 7) is 4.64. The van der Waals surface area contributed by atoms with E-state index in [1.165, 1.54) is 5.56 Å². The summed E-state index contributed by atoms with van der Waals surface area (Å²) in [6, 6.07) is 25.1. The lowest BCUT2D eigenvalue weighted by Crippen LogP contribution is -2.27. The van der Waals surface area contributed by atoms with Gasteiger partial charge in [0, 0.05) is 24.1 Å². The number of benzene rings is 3. The van der Waals surface area contributed by atoms with Crippen LogP contribution < -0.4 is 14.4 Å². The minimum atomic E-state index is -0.495. The fraction of sp³-hybridized carbons (Fsp3) is 0.259. The van der Waals surface area contributed by atoms with Crippen molar-refractivity contribution in [3.63, 3.8) is 0 Å². The van der Waals surface area contributed by atoms with Gasteiger partial charge < -0.3 is 14.4 Å². The largest absolute Gasteiger partial charge is 0.497 e. The SMILES string of the molecule is COc1ccc(N2C[C@H](C(=O)Oc3ccc(C(C)(C)c4ccccc4)cc3)CC2=O)cc1. The van der Waals surface area contributed by atoms with E-state index in [9.17, 15) is 9.59 Å². The first kappa shape index (κ1) is 21.6. The highest BCUT2D eigenvalue weighted by molar-refractivity contribution is 5.99. The monoisotopic (exact) mass is 429 g/mol. The van der Waals surface area contributed by atoms with Crippen molar-refractivity contribution in [3.05, 3.63) is 90.0 Å². The average molecular weight is 430 g/mol. The van der Waals surface area contributed by atoms with E-state index in [1.807, 2.05) is 54.6 Å². The summed E-state index contributed by atoms with van der Waals surface area (Å²) < 4.78 is 10.8. The molecule has 0 N–H and O–H groups in total. The molecule has 4 rings (SSSR count). The number of hydrogen-bond donors (Lipinski definition) is 0.